The standard InChI is InChI=1S/C23H19N5O2/c1-30-23(29)16-9-11-20-19(13-16)26-22(21-7-4-12-28(20)21)27-24-14-17-10-8-15-5-2-3-6-18(15)25-17/h2-6,8-14,20,27H,7H2,1H3/b24-14+. The van der Waals surface area contributed by atoms with Crippen LogP contribution >= 0.6 is 0 Å². The SMILES string of the molecule is COC(=O)C1=CC2=NC(N/N=C/c3ccc4ccccc4n3)=C3CC=CN3C2C=C1. The summed E-state index contributed by atoms with van der Waals surface area (Å²) in [6.07, 6.45) is 12.1. The molecule has 0 radical (unpaired) electrons. The van der Waals surface area contributed by atoms with E-state index in [1.165, 1.54) is 7.11 Å². The lowest BCUT2D eigenvalue weighted by molar-refractivity contribution is -0.135. The van der Waals surface area contributed by atoms with Gasteiger partial charge >= 0.3 is 5.97 Å². The number of fused-ring (bicyclic) bond motifs is 4. The van der Waals surface area contributed by atoms with Gasteiger partial charge in [0, 0.05) is 18.0 Å². The fourth-order valence-electron chi connectivity index (χ4n) is 3.71. The summed E-state index contributed by atoms with van der Waals surface area (Å²) in [5.74, 6) is 0.271. The maximum Gasteiger partial charge on any atom is 0.337 e. The molecule has 0 saturated heterocycles. The van der Waals surface area contributed by atoms with Crippen molar-refractivity contribution < 1.29 is 9.53 Å². The lowest BCUT2D eigenvalue weighted by atomic mass is 9.98. The molecule has 1 aromatic heterocycles. The molecule has 3 aliphatic rings. The van der Waals surface area contributed by atoms with Gasteiger partial charge in [-0.1, -0.05) is 36.4 Å². The van der Waals surface area contributed by atoms with Gasteiger partial charge < -0.3 is 9.64 Å². The zero-order valence-corrected chi connectivity index (χ0v) is 16.3. The minimum absolute atomic E-state index is 0.0381. The Labute approximate surface area is 173 Å². The maximum absolute atomic E-state index is 11.9. The smallest absolute Gasteiger partial charge is 0.337 e. The molecule has 3 heterocycles. The molecule has 0 spiro atoms. The molecule has 148 valence electrons. The zero-order chi connectivity index (χ0) is 20.5. The van der Waals surface area contributed by atoms with Crippen molar-refractivity contribution in [3.05, 3.63) is 89.7 Å². The predicted octanol–water partition coefficient (Wildman–Crippen LogP) is 3.04. The summed E-state index contributed by atoms with van der Waals surface area (Å²) in [4.78, 5) is 23.3. The lowest BCUT2D eigenvalue weighted by Crippen LogP contribution is -2.39. The van der Waals surface area contributed by atoms with Crippen LogP contribution in [0.1, 0.15) is 12.1 Å². The molecule has 1 N–H and O–H groups in total. The van der Waals surface area contributed by atoms with Crippen molar-refractivity contribution in [1.29, 1.82) is 0 Å². The Bertz CT molecular complexity index is 1220. The number of esters is 1. The number of pyridine rings is 1. The second-order valence-electron chi connectivity index (χ2n) is 7.02. The number of hydrogen-bond donors (Lipinski definition) is 1. The normalized spacial score (nSPS) is 19.6. The van der Waals surface area contributed by atoms with Gasteiger partial charge in [0.1, 0.15) is 0 Å². The summed E-state index contributed by atoms with van der Waals surface area (Å²) in [5, 5.41) is 5.44. The summed E-state index contributed by atoms with van der Waals surface area (Å²) in [6, 6.07) is 11.9. The molecule has 5 rings (SSSR count). The third-order valence-corrected chi connectivity index (χ3v) is 5.18. The highest BCUT2D eigenvalue weighted by Crippen LogP contribution is 2.31. The number of rotatable bonds is 4. The van der Waals surface area contributed by atoms with Gasteiger partial charge in [0.05, 0.1) is 47.6 Å². The van der Waals surface area contributed by atoms with Crippen LogP contribution in [0.25, 0.3) is 10.9 Å². The quantitative estimate of drug-likeness (QED) is 0.487. The Balaban J connectivity index is 1.41. The molecule has 0 bridgehead atoms. The van der Waals surface area contributed by atoms with E-state index < -0.39 is 0 Å². The van der Waals surface area contributed by atoms with Crippen molar-refractivity contribution in [2.45, 2.75) is 12.5 Å². The van der Waals surface area contributed by atoms with Crippen LogP contribution in [0.4, 0.5) is 0 Å². The van der Waals surface area contributed by atoms with Gasteiger partial charge in [0.15, 0.2) is 5.82 Å². The molecular weight excluding hydrogens is 378 g/mol. The predicted molar refractivity (Wildman–Crippen MR) is 116 cm³/mol. The molecule has 0 saturated carbocycles. The van der Waals surface area contributed by atoms with Crippen LogP contribution in [0.2, 0.25) is 0 Å². The Kier molecular flexibility index (Phi) is 4.48. The van der Waals surface area contributed by atoms with E-state index in [0.717, 1.165) is 34.4 Å². The molecule has 2 aliphatic heterocycles. The summed E-state index contributed by atoms with van der Waals surface area (Å²) < 4.78 is 4.83. The number of aliphatic imine (C=N–C) groups is 1. The van der Waals surface area contributed by atoms with Crippen molar-refractivity contribution in [1.82, 2.24) is 15.3 Å². The van der Waals surface area contributed by atoms with Gasteiger partial charge in [-0.15, -0.1) is 0 Å². The molecule has 0 fully saturated rings. The average molecular weight is 397 g/mol. The molecular formula is C23H19N5O2. The molecule has 1 aliphatic carbocycles. The van der Waals surface area contributed by atoms with E-state index in [9.17, 15) is 4.79 Å². The van der Waals surface area contributed by atoms with Gasteiger partial charge in [-0.2, -0.15) is 5.10 Å². The van der Waals surface area contributed by atoms with Crippen molar-refractivity contribution in [2.75, 3.05) is 7.11 Å². The first-order valence-electron chi connectivity index (χ1n) is 9.63. The highest BCUT2D eigenvalue weighted by molar-refractivity contribution is 6.10. The van der Waals surface area contributed by atoms with E-state index in [0.29, 0.717) is 11.4 Å². The maximum atomic E-state index is 11.9. The molecule has 30 heavy (non-hydrogen) atoms. The number of hydrazone groups is 1. The molecule has 0 amide bonds. The summed E-state index contributed by atoms with van der Waals surface area (Å²) >= 11 is 0. The number of methoxy groups -OCH3 is 1. The Morgan fingerprint density at radius 2 is 2.20 bits per heavy atom. The second-order valence-corrected chi connectivity index (χ2v) is 7.02. The van der Waals surface area contributed by atoms with Crippen LogP contribution in [-0.2, 0) is 9.53 Å². The third-order valence-electron chi connectivity index (χ3n) is 5.18. The molecule has 1 aromatic carbocycles. The van der Waals surface area contributed by atoms with Crippen LogP contribution in [0.3, 0.4) is 0 Å². The number of carbonyl (C=O) groups excluding carboxylic acids is 1. The molecule has 2 aromatic rings. The van der Waals surface area contributed by atoms with Crippen LogP contribution in [-0.4, -0.2) is 40.9 Å². The first-order chi connectivity index (χ1) is 14.7. The molecule has 1 atom stereocenters. The molecule has 7 nitrogen and oxygen atoms in total. The van der Waals surface area contributed by atoms with Crippen LogP contribution in [0.5, 0.6) is 0 Å². The molecule has 7 heteroatoms. The number of para-hydroxylation sites is 1. The fraction of sp³-hybridized carbons (Fsp3) is 0.130. The number of allylic oxidation sites excluding steroid dienone is 1. The van der Waals surface area contributed by atoms with Crippen LogP contribution < -0.4 is 5.43 Å². The number of nitrogens with zero attached hydrogens (tertiary/aromatic N) is 4. The van der Waals surface area contributed by atoms with Crippen LogP contribution in [0, 0.1) is 0 Å². The van der Waals surface area contributed by atoms with Crippen LogP contribution in [0.15, 0.2) is 94.1 Å². The van der Waals surface area contributed by atoms with E-state index in [-0.39, 0.29) is 12.0 Å². The Hall–Kier alpha value is -4.00. The largest absolute Gasteiger partial charge is 0.465 e. The van der Waals surface area contributed by atoms with Crippen molar-refractivity contribution >= 4 is 28.8 Å². The van der Waals surface area contributed by atoms with Gasteiger partial charge in [0.2, 0.25) is 0 Å². The highest BCUT2D eigenvalue weighted by Gasteiger charge is 2.32. The minimum Gasteiger partial charge on any atom is -0.465 e. The summed E-state index contributed by atoms with van der Waals surface area (Å²) in [5.41, 5.74) is 6.99. The summed E-state index contributed by atoms with van der Waals surface area (Å²) in [6.45, 7) is 0. The van der Waals surface area contributed by atoms with E-state index >= 15 is 0 Å². The van der Waals surface area contributed by atoms with Crippen molar-refractivity contribution in [3.8, 4) is 0 Å². The second kappa shape index (κ2) is 7.44. The van der Waals surface area contributed by atoms with Gasteiger partial charge in [-0.3, -0.25) is 5.43 Å². The topological polar surface area (TPSA) is 79.2 Å². The first-order valence-corrected chi connectivity index (χ1v) is 9.63. The van der Waals surface area contributed by atoms with Gasteiger partial charge in [-0.25, -0.2) is 14.8 Å². The van der Waals surface area contributed by atoms with Gasteiger partial charge in [-0.05, 0) is 24.3 Å². The first kappa shape index (κ1) is 18.1. The van der Waals surface area contributed by atoms with Crippen molar-refractivity contribution in [2.24, 2.45) is 10.1 Å². The van der Waals surface area contributed by atoms with E-state index in [2.05, 4.69) is 26.5 Å². The number of aromatic nitrogens is 1. The van der Waals surface area contributed by atoms with E-state index in [4.69, 9.17) is 9.73 Å². The highest BCUT2D eigenvalue weighted by atomic mass is 16.5. The zero-order valence-electron chi connectivity index (χ0n) is 16.3. The lowest BCUT2D eigenvalue weighted by Gasteiger charge is -2.33. The Morgan fingerprint density at radius 3 is 3.10 bits per heavy atom. The average Bonchev–Trinajstić information content (AvgIpc) is 3.28. The van der Waals surface area contributed by atoms with E-state index in [1.807, 2.05) is 48.7 Å². The van der Waals surface area contributed by atoms with Crippen molar-refractivity contribution in [3.63, 3.8) is 0 Å². The number of benzene rings is 1. The minimum atomic E-state index is -0.381. The molecule has 1 unspecified atom stereocenters. The monoisotopic (exact) mass is 397 g/mol. The number of carbonyl (C=O) groups is 1. The van der Waals surface area contributed by atoms with Gasteiger partial charge in [0.25, 0.3) is 0 Å². The number of ether oxygens (including phenoxy) is 1. The van der Waals surface area contributed by atoms with E-state index in [1.54, 1.807) is 18.4 Å². The summed E-state index contributed by atoms with van der Waals surface area (Å²) in [7, 11) is 1.37. The third kappa shape index (κ3) is 3.20. The number of hydrogen-bond acceptors (Lipinski definition) is 7. The Morgan fingerprint density at radius 1 is 1.30 bits per heavy atom. The number of nitrogens with one attached hydrogen (secondary N) is 1. The fourth-order valence-corrected chi connectivity index (χ4v) is 3.71.